The number of benzene rings is 1. The maximum Gasteiger partial charge on any atom is 0.216 e. The lowest BCUT2D eigenvalue weighted by Gasteiger charge is -2.27. The van der Waals surface area contributed by atoms with Gasteiger partial charge in [0, 0.05) is 0 Å². The zero-order valence-corrected chi connectivity index (χ0v) is 12.0. The number of aliphatic hydroxyl groups excluding tert-OH is 1. The van der Waals surface area contributed by atoms with Gasteiger partial charge in [0.15, 0.2) is 0 Å². The fourth-order valence-electron chi connectivity index (χ4n) is 2.61. The van der Waals surface area contributed by atoms with E-state index in [-0.39, 0.29) is 12.4 Å². The molecule has 0 bridgehead atoms. The first kappa shape index (κ1) is 15.0. The predicted octanol–water partition coefficient (Wildman–Crippen LogP) is 1.28. The highest BCUT2D eigenvalue weighted by Crippen LogP contribution is 2.30. The molecule has 108 valence electrons. The minimum Gasteiger partial charge on any atom is -0.394 e. The van der Waals surface area contributed by atoms with Crippen LogP contribution in [0.15, 0.2) is 24.3 Å². The molecule has 0 saturated heterocycles. The molecule has 1 fully saturated rings. The Labute approximate surface area is 119 Å². The zero-order chi connectivity index (χ0) is 14.6. The average Bonchev–Trinajstić information content (AvgIpc) is 2.87. The van der Waals surface area contributed by atoms with E-state index in [1.165, 1.54) is 0 Å². The van der Waals surface area contributed by atoms with Crippen LogP contribution in [-0.4, -0.2) is 25.7 Å². The third-order valence-electron chi connectivity index (χ3n) is 3.68. The molecular weight excluding hydrogens is 276 g/mol. The van der Waals surface area contributed by atoms with Crippen molar-refractivity contribution >= 4 is 10.0 Å². The van der Waals surface area contributed by atoms with Gasteiger partial charge in [-0.15, -0.1) is 0 Å². The first-order valence-electron chi connectivity index (χ1n) is 6.60. The SMILES string of the molecule is N#Cc1ccc(CS(=O)(=O)NC2(CO)CCCC2)cc1. The highest BCUT2D eigenvalue weighted by Gasteiger charge is 2.36. The molecule has 2 rings (SSSR count). The van der Waals surface area contributed by atoms with Gasteiger partial charge in [-0.25, -0.2) is 13.1 Å². The summed E-state index contributed by atoms with van der Waals surface area (Å²) in [5.41, 5.74) is 0.440. The van der Waals surface area contributed by atoms with E-state index in [2.05, 4.69) is 4.72 Å². The van der Waals surface area contributed by atoms with Gasteiger partial charge in [0.1, 0.15) is 0 Å². The fourth-order valence-corrected chi connectivity index (χ4v) is 4.24. The van der Waals surface area contributed by atoms with Crippen LogP contribution in [0.25, 0.3) is 0 Å². The number of hydrogen-bond acceptors (Lipinski definition) is 4. The third-order valence-corrected chi connectivity index (χ3v) is 5.13. The van der Waals surface area contributed by atoms with E-state index >= 15 is 0 Å². The van der Waals surface area contributed by atoms with Crippen LogP contribution < -0.4 is 4.72 Å². The van der Waals surface area contributed by atoms with Crippen LogP contribution >= 0.6 is 0 Å². The summed E-state index contributed by atoms with van der Waals surface area (Å²) in [5, 5.41) is 18.2. The van der Waals surface area contributed by atoms with E-state index in [0.717, 1.165) is 12.8 Å². The van der Waals surface area contributed by atoms with Crippen LogP contribution in [0.4, 0.5) is 0 Å². The van der Waals surface area contributed by atoms with Crippen molar-refractivity contribution in [2.45, 2.75) is 37.0 Å². The Balaban J connectivity index is 2.08. The molecule has 0 unspecified atom stereocenters. The van der Waals surface area contributed by atoms with Crippen molar-refractivity contribution in [1.29, 1.82) is 5.26 Å². The molecule has 0 atom stereocenters. The molecule has 20 heavy (non-hydrogen) atoms. The van der Waals surface area contributed by atoms with Gasteiger partial charge in [0.25, 0.3) is 0 Å². The van der Waals surface area contributed by atoms with Crippen molar-refractivity contribution in [3.63, 3.8) is 0 Å². The van der Waals surface area contributed by atoms with E-state index < -0.39 is 15.6 Å². The molecule has 2 N–H and O–H groups in total. The summed E-state index contributed by atoms with van der Waals surface area (Å²) in [6.45, 7) is -0.167. The summed E-state index contributed by atoms with van der Waals surface area (Å²) in [4.78, 5) is 0. The van der Waals surface area contributed by atoms with Gasteiger partial charge in [0.2, 0.25) is 10.0 Å². The highest BCUT2D eigenvalue weighted by molar-refractivity contribution is 7.88. The average molecular weight is 294 g/mol. The van der Waals surface area contributed by atoms with Crippen molar-refractivity contribution in [3.05, 3.63) is 35.4 Å². The second-order valence-corrected chi connectivity index (χ2v) is 7.04. The van der Waals surface area contributed by atoms with Crippen LogP contribution in [0.3, 0.4) is 0 Å². The number of aliphatic hydroxyl groups is 1. The molecule has 6 heteroatoms. The minimum absolute atomic E-state index is 0.138. The van der Waals surface area contributed by atoms with E-state index in [4.69, 9.17) is 5.26 Å². The van der Waals surface area contributed by atoms with Crippen molar-refractivity contribution in [2.24, 2.45) is 0 Å². The van der Waals surface area contributed by atoms with Crippen LogP contribution in [-0.2, 0) is 15.8 Å². The lowest BCUT2D eigenvalue weighted by molar-refractivity contribution is 0.185. The van der Waals surface area contributed by atoms with E-state index in [9.17, 15) is 13.5 Å². The molecule has 1 aromatic rings. The maximum absolute atomic E-state index is 12.2. The maximum atomic E-state index is 12.2. The second-order valence-electron chi connectivity index (χ2n) is 5.32. The fraction of sp³-hybridized carbons (Fsp3) is 0.500. The Kier molecular flexibility index (Phi) is 4.43. The third kappa shape index (κ3) is 3.57. The summed E-state index contributed by atoms with van der Waals surface area (Å²) in [7, 11) is -3.50. The number of nitrogens with one attached hydrogen (secondary N) is 1. The summed E-state index contributed by atoms with van der Waals surface area (Å²) in [5.74, 6) is -0.138. The molecule has 1 aromatic carbocycles. The molecule has 5 nitrogen and oxygen atoms in total. The smallest absolute Gasteiger partial charge is 0.216 e. The lowest BCUT2D eigenvalue weighted by atomic mass is 10.0. The van der Waals surface area contributed by atoms with Gasteiger partial charge in [-0.1, -0.05) is 25.0 Å². The normalized spacial score (nSPS) is 17.8. The van der Waals surface area contributed by atoms with Gasteiger partial charge in [-0.3, -0.25) is 0 Å². The Morgan fingerprint density at radius 3 is 2.35 bits per heavy atom. The molecule has 0 aliphatic heterocycles. The summed E-state index contributed by atoms with van der Waals surface area (Å²) in [6.07, 6.45) is 3.21. The zero-order valence-electron chi connectivity index (χ0n) is 11.2. The molecule has 1 aliphatic rings. The van der Waals surface area contributed by atoms with Gasteiger partial charge in [0.05, 0.1) is 29.5 Å². The molecule has 1 aliphatic carbocycles. The monoisotopic (exact) mass is 294 g/mol. The molecule has 0 radical (unpaired) electrons. The summed E-state index contributed by atoms with van der Waals surface area (Å²) < 4.78 is 27.0. The molecule has 0 heterocycles. The Bertz CT molecular complexity index is 596. The quantitative estimate of drug-likeness (QED) is 0.856. The van der Waals surface area contributed by atoms with Crippen molar-refractivity contribution in [1.82, 2.24) is 4.72 Å². The van der Waals surface area contributed by atoms with E-state index in [1.807, 2.05) is 6.07 Å². The van der Waals surface area contributed by atoms with Crippen molar-refractivity contribution in [3.8, 4) is 6.07 Å². The Morgan fingerprint density at radius 2 is 1.85 bits per heavy atom. The molecular formula is C14H18N2O3S. The number of nitriles is 1. The van der Waals surface area contributed by atoms with Gasteiger partial charge in [-0.05, 0) is 30.5 Å². The molecule has 0 amide bonds. The predicted molar refractivity (Wildman–Crippen MR) is 75.2 cm³/mol. The van der Waals surface area contributed by atoms with Gasteiger partial charge in [-0.2, -0.15) is 5.26 Å². The first-order valence-corrected chi connectivity index (χ1v) is 8.25. The minimum atomic E-state index is -3.50. The summed E-state index contributed by atoms with van der Waals surface area (Å²) in [6, 6.07) is 8.47. The van der Waals surface area contributed by atoms with Crippen molar-refractivity contribution < 1.29 is 13.5 Å². The van der Waals surface area contributed by atoms with Gasteiger partial charge >= 0.3 is 0 Å². The molecule has 1 saturated carbocycles. The Morgan fingerprint density at radius 1 is 1.25 bits per heavy atom. The van der Waals surface area contributed by atoms with Crippen molar-refractivity contribution in [2.75, 3.05) is 6.61 Å². The van der Waals surface area contributed by atoms with Gasteiger partial charge < -0.3 is 5.11 Å². The largest absolute Gasteiger partial charge is 0.394 e. The van der Waals surface area contributed by atoms with E-state index in [0.29, 0.717) is 24.0 Å². The number of sulfonamides is 1. The Hall–Kier alpha value is -1.42. The number of nitrogens with zero attached hydrogens (tertiary/aromatic N) is 1. The standard InChI is InChI=1S/C14H18N2O3S/c15-9-12-3-5-13(6-4-12)10-20(18,19)16-14(11-17)7-1-2-8-14/h3-6,16-17H,1-2,7-8,10-11H2. The second kappa shape index (κ2) is 5.92. The topological polar surface area (TPSA) is 90.2 Å². The van der Waals surface area contributed by atoms with Crippen LogP contribution in [0.1, 0.15) is 36.8 Å². The number of hydrogen-bond donors (Lipinski definition) is 2. The van der Waals surface area contributed by atoms with E-state index in [1.54, 1.807) is 24.3 Å². The molecule has 0 aromatic heterocycles. The summed E-state index contributed by atoms with van der Waals surface area (Å²) >= 11 is 0. The first-order chi connectivity index (χ1) is 9.49. The van der Waals surface area contributed by atoms with Crippen LogP contribution in [0, 0.1) is 11.3 Å². The van der Waals surface area contributed by atoms with Crippen LogP contribution in [0.2, 0.25) is 0 Å². The van der Waals surface area contributed by atoms with Crippen LogP contribution in [0.5, 0.6) is 0 Å². The lowest BCUT2D eigenvalue weighted by Crippen LogP contribution is -2.49. The number of rotatable bonds is 5. The molecule has 0 spiro atoms. The highest BCUT2D eigenvalue weighted by atomic mass is 32.2.